The molecule has 0 aliphatic carbocycles. The summed E-state index contributed by atoms with van der Waals surface area (Å²) in [6.07, 6.45) is -2.08. The number of hydrogen-bond acceptors (Lipinski definition) is 13. The van der Waals surface area contributed by atoms with Gasteiger partial charge in [-0.25, -0.2) is 4.79 Å². The lowest BCUT2D eigenvalue weighted by Gasteiger charge is -2.29. The number of benzene rings is 2. The van der Waals surface area contributed by atoms with Crippen molar-refractivity contribution in [3.63, 3.8) is 0 Å². The molecular formula is C50H76N12O13. The number of nitrogens with two attached hydrogens (primary N) is 4. The van der Waals surface area contributed by atoms with Crippen molar-refractivity contribution < 1.29 is 63.3 Å². The minimum absolute atomic E-state index is 0.0360. The van der Waals surface area contributed by atoms with Crippen molar-refractivity contribution in [1.82, 2.24) is 37.2 Å². The number of primary amides is 1. The van der Waals surface area contributed by atoms with Gasteiger partial charge in [0.15, 0.2) is 5.96 Å². The van der Waals surface area contributed by atoms with Gasteiger partial charge in [-0.3, -0.25) is 48.1 Å². The Morgan fingerprint density at radius 3 is 1.56 bits per heavy atom. The number of amides is 8. The molecule has 0 aliphatic heterocycles. The van der Waals surface area contributed by atoms with E-state index in [1.54, 1.807) is 65.0 Å². The number of carboxylic acids is 2. The van der Waals surface area contributed by atoms with Crippen LogP contribution < -0.4 is 60.2 Å². The van der Waals surface area contributed by atoms with Gasteiger partial charge in [0.05, 0.1) is 12.5 Å². The quantitative estimate of drug-likeness (QED) is 0.0220. The van der Waals surface area contributed by atoms with E-state index in [0.717, 1.165) is 0 Å². The van der Waals surface area contributed by atoms with Crippen molar-refractivity contribution in [2.45, 2.75) is 148 Å². The molecule has 8 amide bonds. The molecule has 0 saturated carbocycles. The number of guanidine groups is 1. The Morgan fingerprint density at radius 1 is 0.573 bits per heavy atom. The zero-order valence-corrected chi connectivity index (χ0v) is 43.3. The number of carboxylic acid groups (broad SMARTS) is 2. The van der Waals surface area contributed by atoms with Gasteiger partial charge in [0, 0.05) is 25.8 Å². The fourth-order valence-corrected chi connectivity index (χ4v) is 7.42. The second kappa shape index (κ2) is 31.7. The zero-order valence-electron chi connectivity index (χ0n) is 43.3. The number of nitrogens with zero attached hydrogens (tertiary/aromatic N) is 1. The molecule has 25 heteroatoms. The standard InChI is InChI=1S/C50H76N12O13/c1-7-28(6)41(62-47(72)40(52)27(4)5)48(73)61-36(23-29-12-9-8-10-13-29)45(70)58-34(22-26(2)3)43(68)56-32(19-20-39(65)66)42(67)60-37(25-38(51)64)46(71)59-35(24-30-15-17-31(63)18-16-30)44(69)57-33(49(74)75)14-11-21-55-50(53)54/h8-10,12-13,15-18,26-28,32-37,40-41,63H,7,11,14,19-25,52H2,1-6H3,(H2,51,64)(H,56,68)(H,57,69)(H,58,70)(H,59,71)(H,60,67)(H,61,73)(H,62,72)(H,65,66)(H,74,75)(H4,53,54,55)/t28-,32-,33-,34-,35-,36-,37-,40-,41-/m0/s1. The average Bonchev–Trinajstić information content (AvgIpc) is 3.33. The van der Waals surface area contributed by atoms with Crippen LogP contribution in [0.5, 0.6) is 5.75 Å². The summed E-state index contributed by atoms with van der Waals surface area (Å²) in [5.41, 5.74) is 23.3. The summed E-state index contributed by atoms with van der Waals surface area (Å²) >= 11 is 0. The van der Waals surface area contributed by atoms with Gasteiger partial charge >= 0.3 is 11.9 Å². The Bertz CT molecular complexity index is 2290. The summed E-state index contributed by atoms with van der Waals surface area (Å²) in [4.78, 5) is 138. The maximum Gasteiger partial charge on any atom is 0.326 e. The van der Waals surface area contributed by atoms with Crippen LogP contribution in [0, 0.1) is 17.8 Å². The summed E-state index contributed by atoms with van der Waals surface area (Å²) in [6, 6.07) is 2.68. The molecule has 75 heavy (non-hydrogen) atoms. The molecule has 0 saturated heterocycles. The third-order valence-corrected chi connectivity index (χ3v) is 12.0. The summed E-state index contributed by atoms with van der Waals surface area (Å²) in [5, 5.41) is 47.0. The first-order valence-corrected chi connectivity index (χ1v) is 24.7. The number of phenolic OH excluding ortho intramolecular Hbond substituents is 1. The Kier molecular flexibility index (Phi) is 26.7. The summed E-state index contributed by atoms with van der Waals surface area (Å²) in [6.45, 7) is 10.6. The lowest BCUT2D eigenvalue weighted by atomic mass is 9.95. The van der Waals surface area contributed by atoms with E-state index in [1.807, 2.05) is 6.92 Å². The van der Waals surface area contributed by atoms with Crippen LogP contribution in [-0.4, -0.2) is 135 Å². The minimum Gasteiger partial charge on any atom is -0.508 e. The average molecular weight is 1050 g/mol. The van der Waals surface area contributed by atoms with Crippen LogP contribution in [0.15, 0.2) is 59.6 Å². The van der Waals surface area contributed by atoms with Gasteiger partial charge in [0.2, 0.25) is 47.3 Å². The number of carbonyl (C=O) groups excluding carboxylic acids is 8. The molecule has 0 bridgehead atoms. The van der Waals surface area contributed by atoms with Crippen LogP contribution in [0.4, 0.5) is 0 Å². The fraction of sp³-hybridized carbons (Fsp3) is 0.540. The molecule has 0 aromatic heterocycles. The molecular weight excluding hydrogens is 977 g/mol. The smallest absolute Gasteiger partial charge is 0.326 e. The third kappa shape index (κ3) is 23.3. The number of rotatable bonds is 33. The molecule has 9 atom stereocenters. The van der Waals surface area contributed by atoms with Gasteiger partial charge in [-0.15, -0.1) is 0 Å². The summed E-state index contributed by atoms with van der Waals surface area (Å²) in [5.74, 6) is -11.6. The molecule has 2 rings (SSSR count). The molecule has 0 unspecified atom stereocenters. The first-order valence-electron chi connectivity index (χ1n) is 24.7. The number of carbonyl (C=O) groups is 10. The topological polar surface area (TPSA) is 432 Å². The highest BCUT2D eigenvalue weighted by atomic mass is 16.4. The van der Waals surface area contributed by atoms with Crippen molar-refractivity contribution in [3.8, 4) is 5.75 Å². The third-order valence-electron chi connectivity index (χ3n) is 12.0. The van der Waals surface area contributed by atoms with Crippen molar-refractivity contribution >= 4 is 65.2 Å². The number of aliphatic imine (C=N–C) groups is 1. The van der Waals surface area contributed by atoms with Crippen LogP contribution in [0.1, 0.15) is 97.6 Å². The molecule has 0 aliphatic rings. The highest BCUT2D eigenvalue weighted by molar-refractivity contribution is 5.99. The van der Waals surface area contributed by atoms with E-state index < -0.39 is 133 Å². The van der Waals surface area contributed by atoms with Crippen LogP contribution in [0.3, 0.4) is 0 Å². The predicted molar refractivity (Wildman–Crippen MR) is 275 cm³/mol. The zero-order chi connectivity index (χ0) is 56.5. The van der Waals surface area contributed by atoms with E-state index in [0.29, 0.717) is 17.5 Å². The number of nitrogens with one attached hydrogen (secondary N) is 7. The van der Waals surface area contributed by atoms with E-state index >= 15 is 0 Å². The fourth-order valence-electron chi connectivity index (χ4n) is 7.42. The number of phenols is 1. The molecule has 2 aromatic rings. The van der Waals surface area contributed by atoms with E-state index in [-0.39, 0.29) is 62.2 Å². The second-order valence-electron chi connectivity index (χ2n) is 19.1. The minimum atomic E-state index is -1.86. The van der Waals surface area contributed by atoms with Crippen molar-refractivity contribution in [1.29, 1.82) is 0 Å². The molecule has 0 spiro atoms. The molecule has 0 fully saturated rings. The van der Waals surface area contributed by atoms with Gasteiger partial charge in [0.1, 0.15) is 48.0 Å². The molecule has 25 nitrogen and oxygen atoms in total. The molecule has 0 heterocycles. The molecule has 0 radical (unpaired) electrons. The van der Waals surface area contributed by atoms with Gasteiger partial charge in [-0.1, -0.05) is 90.4 Å². The van der Waals surface area contributed by atoms with Crippen molar-refractivity contribution in [2.75, 3.05) is 6.54 Å². The van der Waals surface area contributed by atoms with Gasteiger partial charge in [0.25, 0.3) is 0 Å². The van der Waals surface area contributed by atoms with Gasteiger partial charge in [-0.05, 0) is 66.7 Å². The van der Waals surface area contributed by atoms with Crippen molar-refractivity contribution in [2.24, 2.45) is 45.7 Å². The Morgan fingerprint density at radius 2 is 1.05 bits per heavy atom. The van der Waals surface area contributed by atoms with E-state index in [4.69, 9.17) is 22.9 Å². The Labute approximate surface area is 435 Å². The molecule has 18 N–H and O–H groups in total. The van der Waals surface area contributed by atoms with Crippen LogP contribution in [-0.2, 0) is 60.8 Å². The SMILES string of the molecule is CC[C@H](C)[C@H](NC(=O)[C@@H](N)C(C)C)C(=O)N[C@@H](Cc1ccccc1)C(=O)N[C@@H](CC(C)C)C(=O)N[C@@H](CCC(=O)O)C(=O)N[C@@H](CC(N)=O)C(=O)N[C@@H](Cc1ccc(O)cc1)C(=O)N[C@@H](CCCN=C(N)N)C(=O)O. The second-order valence-corrected chi connectivity index (χ2v) is 19.1. The van der Waals surface area contributed by atoms with Gasteiger partial charge in [-0.2, -0.15) is 0 Å². The first kappa shape index (κ1) is 63.3. The lowest BCUT2D eigenvalue weighted by Crippen LogP contribution is -2.61. The lowest BCUT2D eigenvalue weighted by molar-refractivity contribution is -0.142. The van der Waals surface area contributed by atoms with Crippen molar-refractivity contribution in [3.05, 3.63) is 65.7 Å². The van der Waals surface area contributed by atoms with E-state index in [9.17, 15) is 63.3 Å². The first-order chi connectivity index (χ1) is 35.2. The largest absolute Gasteiger partial charge is 0.508 e. The highest BCUT2D eigenvalue weighted by Crippen LogP contribution is 2.15. The molecule has 414 valence electrons. The number of aromatic hydroxyl groups is 1. The van der Waals surface area contributed by atoms with Crippen LogP contribution in [0.2, 0.25) is 0 Å². The van der Waals surface area contributed by atoms with E-state index in [2.05, 4.69) is 42.2 Å². The van der Waals surface area contributed by atoms with Gasteiger partial charge < -0.3 is 75.5 Å². The molecule has 2 aromatic carbocycles. The summed E-state index contributed by atoms with van der Waals surface area (Å²) in [7, 11) is 0. The normalized spacial score (nSPS) is 14.7. The number of aliphatic carboxylic acids is 2. The maximum atomic E-state index is 14.3. The van der Waals surface area contributed by atoms with E-state index in [1.165, 1.54) is 24.3 Å². The van der Waals surface area contributed by atoms with Crippen LogP contribution in [0.25, 0.3) is 0 Å². The monoisotopic (exact) mass is 1050 g/mol. The highest BCUT2D eigenvalue weighted by Gasteiger charge is 2.36. The number of hydrogen-bond donors (Lipinski definition) is 14. The maximum absolute atomic E-state index is 14.3. The predicted octanol–water partition coefficient (Wildman–Crippen LogP) is -1.48. The summed E-state index contributed by atoms with van der Waals surface area (Å²) < 4.78 is 0. The Hall–Kier alpha value is -7.83. The van der Waals surface area contributed by atoms with Crippen LogP contribution >= 0.6 is 0 Å². The Balaban J connectivity index is 2.50.